The molecule has 0 amide bonds. The fourth-order valence-corrected chi connectivity index (χ4v) is 6.90. The quantitative estimate of drug-likeness (QED) is 0.394. The summed E-state index contributed by atoms with van der Waals surface area (Å²) in [5, 5.41) is 4.14. The molecule has 0 heterocycles. The Balaban J connectivity index is 2.38. The predicted molar refractivity (Wildman–Crippen MR) is 103 cm³/mol. The molecule has 0 aliphatic heterocycles. The first-order chi connectivity index (χ1) is 11.2. The third-order valence-electron chi connectivity index (χ3n) is 3.89. The summed E-state index contributed by atoms with van der Waals surface area (Å²) in [6.07, 6.45) is 0. The Bertz CT molecular complexity index is 679. The van der Waals surface area contributed by atoms with Crippen LogP contribution in [0.5, 0.6) is 0 Å². The van der Waals surface area contributed by atoms with E-state index in [2.05, 4.69) is 116 Å². The third kappa shape index (κ3) is 3.11. The van der Waals surface area contributed by atoms with E-state index in [1.54, 1.807) is 0 Å². The fourth-order valence-electron chi connectivity index (χ4n) is 2.98. The van der Waals surface area contributed by atoms with Crippen molar-refractivity contribution in [3.8, 4) is 0 Å². The van der Waals surface area contributed by atoms with Crippen LogP contribution < -0.4 is 15.9 Å². The first-order valence-corrected chi connectivity index (χ1v) is 9.67. The minimum atomic E-state index is -1.81. The van der Waals surface area contributed by atoms with Gasteiger partial charge in [0.1, 0.15) is 30.0 Å². The number of hydrogen-bond acceptors (Lipinski definition) is 0. The maximum absolute atomic E-state index is 2.41. The van der Waals surface area contributed by atoms with Crippen molar-refractivity contribution in [3.63, 3.8) is 0 Å². The molecule has 0 unspecified atom stereocenters. The molecule has 0 saturated carbocycles. The lowest BCUT2D eigenvalue weighted by molar-refractivity contribution is -0.456. The van der Waals surface area contributed by atoms with Gasteiger partial charge in [0, 0.05) is 0 Å². The molecule has 1 nitrogen and oxygen atoms in total. The van der Waals surface area contributed by atoms with E-state index >= 15 is 0 Å². The summed E-state index contributed by atoms with van der Waals surface area (Å²) in [7, 11) is 2.42. The summed E-state index contributed by atoms with van der Waals surface area (Å²) in [5.74, 6) is 2.41. The molecule has 2 heteroatoms. The smallest absolute Gasteiger partial charge is 0.211 e. The Labute approximate surface area is 139 Å². The molecule has 3 aromatic rings. The second-order valence-corrected chi connectivity index (χ2v) is 9.03. The van der Waals surface area contributed by atoms with Crippen molar-refractivity contribution >= 4 is 29.1 Å². The Morgan fingerprint density at radius 1 is 0.565 bits per heavy atom. The minimum absolute atomic E-state index is 1.38. The zero-order valence-electron chi connectivity index (χ0n) is 13.6. The summed E-state index contributed by atoms with van der Waals surface area (Å²) in [4.78, 5) is 0. The Hall–Kier alpha value is -2.24. The van der Waals surface area contributed by atoms with E-state index in [-0.39, 0.29) is 0 Å². The number of hydrogen-bond donors (Lipinski definition) is 0. The summed E-state index contributed by atoms with van der Waals surface area (Å²) in [5.41, 5.74) is 0. The Kier molecular flexibility index (Phi) is 4.69. The summed E-state index contributed by atoms with van der Waals surface area (Å²) < 4.78 is 2.20. The van der Waals surface area contributed by atoms with Gasteiger partial charge in [0.05, 0.1) is 0 Å². The predicted octanol–water partition coefficient (Wildman–Crippen LogP) is 3.28. The van der Waals surface area contributed by atoms with E-state index in [0.717, 1.165) is 0 Å². The lowest BCUT2D eigenvalue weighted by Crippen LogP contribution is -2.33. The van der Waals surface area contributed by atoms with Gasteiger partial charge in [0.15, 0.2) is 0 Å². The largest absolute Gasteiger partial charge is 0.291 e. The summed E-state index contributed by atoms with van der Waals surface area (Å²) in [6.45, 7) is 0. The molecule has 0 radical (unpaired) electrons. The second kappa shape index (κ2) is 6.89. The lowest BCUT2D eigenvalue weighted by atomic mass is 10.4. The first kappa shape index (κ1) is 15.6. The highest BCUT2D eigenvalue weighted by atomic mass is 31.2. The van der Waals surface area contributed by atoms with Gasteiger partial charge in [-0.3, -0.25) is 0 Å². The van der Waals surface area contributed by atoms with Gasteiger partial charge < -0.3 is 0 Å². The normalized spacial score (nSPS) is 11.0. The van der Waals surface area contributed by atoms with E-state index in [1.807, 2.05) is 0 Å². The first-order valence-electron chi connectivity index (χ1n) is 7.81. The number of rotatable bonds is 4. The van der Waals surface area contributed by atoms with Crippen molar-refractivity contribution in [1.82, 2.24) is 0 Å². The summed E-state index contributed by atoms with van der Waals surface area (Å²) >= 11 is 0. The maximum Gasteiger partial charge on any atom is 0.291 e. The van der Waals surface area contributed by atoms with Crippen LogP contribution in [0.1, 0.15) is 0 Å². The molecule has 0 N–H and O–H groups in total. The van der Waals surface area contributed by atoms with Gasteiger partial charge in [-0.05, 0) is 36.4 Å². The van der Waals surface area contributed by atoms with Gasteiger partial charge in [-0.15, -0.1) is 0 Å². The SMILES string of the molecule is C[N+](C)=C[P+](c1ccccc1)(c1ccccc1)c1ccccc1. The molecular formula is C21H22NP+2. The van der Waals surface area contributed by atoms with Gasteiger partial charge in [-0.25, -0.2) is 4.58 Å². The third-order valence-corrected chi connectivity index (χ3v) is 8.04. The van der Waals surface area contributed by atoms with E-state index in [4.69, 9.17) is 0 Å². The standard InChI is InChI=1S/C21H22NP/c1-22(2)18-23(19-12-6-3-7-13-19,20-14-8-4-9-15-20)21-16-10-5-11-17-21/h3-18H,1-2H3/q+2. The van der Waals surface area contributed by atoms with Crippen molar-refractivity contribution in [2.24, 2.45) is 0 Å². The molecule has 0 fully saturated rings. The topological polar surface area (TPSA) is 3.01 Å². The van der Waals surface area contributed by atoms with Crippen LogP contribution in [0.2, 0.25) is 0 Å². The highest BCUT2D eigenvalue weighted by molar-refractivity contribution is 8.06. The zero-order chi connectivity index (χ0) is 16.1. The van der Waals surface area contributed by atoms with Crippen LogP contribution in [0.15, 0.2) is 91.0 Å². The number of benzene rings is 3. The van der Waals surface area contributed by atoms with Crippen LogP contribution in [0.3, 0.4) is 0 Å². The molecule has 0 spiro atoms. The molecule has 0 saturated heterocycles. The average molecular weight is 319 g/mol. The molecule has 0 aliphatic rings. The zero-order valence-corrected chi connectivity index (χ0v) is 14.5. The van der Waals surface area contributed by atoms with Crippen LogP contribution >= 0.6 is 7.26 Å². The van der Waals surface area contributed by atoms with Crippen molar-refractivity contribution in [1.29, 1.82) is 0 Å². The highest BCUT2D eigenvalue weighted by Crippen LogP contribution is 2.52. The van der Waals surface area contributed by atoms with Crippen LogP contribution in [0.4, 0.5) is 0 Å². The molecule has 0 aliphatic carbocycles. The average Bonchev–Trinajstić information content (AvgIpc) is 2.62. The van der Waals surface area contributed by atoms with Crippen molar-refractivity contribution in [3.05, 3.63) is 91.0 Å². The monoisotopic (exact) mass is 319 g/mol. The minimum Gasteiger partial charge on any atom is -0.211 e. The molecule has 0 aromatic heterocycles. The van der Waals surface area contributed by atoms with Crippen LogP contribution in [0, 0.1) is 0 Å². The molecule has 0 bridgehead atoms. The fraction of sp³-hybridized carbons (Fsp3) is 0.0952. The van der Waals surface area contributed by atoms with Gasteiger partial charge in [0.2, 0.25) is 7.26 Å². The Morgan fingerprint density at radius 2 is 0.870 bits per heavy atom. The molecule has 114 valence electrons. The lowest BCUT2D eigenvalue weighted by Gasteiger charge is -2.20. The van der Waals surface area contributed by atoms with Gasteiger partial charge in [0.25, 0.3) is 5.96 Å². The molecular weight excluding hydrogens is 297 g/mol. The van der Waals surface area contributed by atoms with E-state index in [0.29, 0.717) is 0 Å². The van der Waals surface area contributed by atoms with Gasteiger partial charge in [-0.1, -0.05) is 54.6 Å². The molecule has 3 aromatic carbocycles. The van der Waals surface area contributed by atoms with Gasteiger partial charge >= 0.3 is 0 Å². The van der Waals surface area contributed by atoms with Crippen LogP contribution in [0.25, 0.3) is 0 Å². The molecule has 3 rings (SSSR count). The van der Waals surface area contributed by atoms with E-state index in [9.17, 15) is 0 Å². The molecule has 0 atom stereocenters. The van der Waals surface area contributed by atoms with Gasteiger partial charge in [-0.2, -0.15) is 0 Å². The maximum atomic E-state index is 2.41. The highest BCUT2D eigenvalue weighted by Gasteiger charge is 2.47. The van der Waals surface area contributed by atoms with Crippen molar-refractivity contribution in [2.75, 3.05) is 14.1 Å². The van der Waals surface area contributed by atoms with Crippen molar-refractivity contribution in [2.45, 2.75) is 0 Å². The molecule has 23 heavy (non-hydrogen) atoms. The summed E-state index contributed by atoms with van der Waals surface area (Å²) in [6, 6.07) is 32.6. The van der Waals surface area contributed by atoms with Crippen molar-refractivity contribution < 1.29 is 4.58 Å². The number of nitrogens with zero attached hydrogens (tertiary/aromatic N) is 1. The van der Waals surface area contributed by atoms with E-state index in [1.165, 1.54) is 15.9 Å². The second-order valence-electron chi connectivity index (χ2n) is 5.81. The van der Waals surface area contributed by atoms with Crippen LogP contribution in [-0.4, -0.2) is 24.6 Å². The van der Waals surface area contributed by atoms with E-state index < -0.39 is 7.26 Å². The Morgan fingerprint density at radius 3 is 1.13 bits per heavy atom. The van der Waals surface area contributed by atoms with Crippen LogP contribution in [-0.2, 0) is 0 Å².